The van der Waals surface area contributed by atoms with Crippen molar-refractivity contribution in [1.29, 1.82) is 0 Å². The van der Waals surface area contributed by atoms with Crippen molar-refractivity contribution in [2.75, 3.05) is 14.2 Å². The maximum absolute atomic E-state index is 12.9. The Bertz CT molecular complexity index is 1260. The van der Waals surface area contributed by atoms with Crippen LogP contribution in [0.4, 0.5) is 13.2 Å². The Hall–Kier alpha value is -3.70. The van der Waals surface area contributed by atoms with Crippen LogP contribution in [0.5, 0.6) is 11.5 Å². The molecule has 4 aromatic rings. The highest BCUT2D eigenvalue weighted by atomic mass is 19.4. The van der Waals surface area contributed by atoms with E-state index in [1.54, 1.807) is 18.2 Å². The Morgan fingerprint density at radius 3 is 2.54 bits per heavy atom. The lowest BCUT2D eigenvalue weighted by atomic mass is 10.2. The predicted molar refractivity (Wildman–Crippen MR) is 89.8 cm³/mol. The second-order valence-corrected chi connectivity index (χ2v) is 5.61. The molecule has 9 nitrogen and oxygen atoms in total. The summed E-state index contributed by atoms with van der Waals surface area (Å²) in [5, 5.41) is 10.7. The number of halogens is 3. The molecular weight excluding hydrogens is 381 g/mol. The smallest absolute Gasteiger partial charge is 0.453 e. The molecule has 3 heterocycles. The van der Waals surface area contributed by atoms with Crippen molar-refractivity contribution >= 4 is 16.8 Å². The van der Waals surface area contributed by atoms with Gasteiger partial charge in [0.05, 0.1) is 19.9 Å². The van der Waals surface area contributed by atoms with Crippen LogP contribution in [-0.2, 0) is 6.18 Å². The van der Waals surface area contributed by atoms with Gasteiger partial charge in [-0.05, 0) is 18.2 Å². The lowest BCUT2D eigenvalue weighted by molar-refractivity contribution is -0.144. The van der Waals surface area contributed by atoms with E-state index in [9.17, 15) is 18.0 Å². The SMILES string of the molecule is COc1ccc(-n2ccc3c(nnc4nc(C(F)(F)F)nn43)c2=O)c(OC)c1. The number of rotatable bonds is 3. The van der Waals surface area contributed by atoms with Crippen LogP contribution < -0.4 is 15.0 Å². The number of hydrogen-bond acceptors (Lipinski definition) is 7. The van der Waals surface area contributed by atoms with E-state index in [-0.39, 0.29) is 16.8 Å². The Balaban J connectivity index is 1.95. The molecule has 28 heavy (non-hydrogen) atoms. The maximum atomic E-state index is 12.9. The average Bonchev–Trinajstić information content (AvgIpc) is 3.13. The van der Waals surface area contributed by atoms with Crippen LogP contribution >= 0.6 is 0 Å². The van der Waals surface area contributed by atoms with Crippen LogP contribution in [0.1, 0.15) is 5.82 Å². The molecule has 0 saturated heterocycles. The monoisotopic (exact) mass is 392 g/mol. The summed E-state index contributed by atoms with van der Waals surface area (Å²) in [6.07, 6.45) is -3.36. The van der Waals surface area contributed by atoms with E-state index < -0.39 is 17.6 Å². The fourth-order valence-electron chi connectivity index (χ4n) is 2.70. The normalized spacial score (nSPS) is 11.9. The first-order valence-corrected chi connectivity index (χ1v) is 7.78. The molecule has 3 aromatic heterocycles. The molecule has 0 N–H and O–H groups in total. The number of methoxy groups -OCH3 is 2. The van der Waals surface area contributed by atoms with Gasteiger partial charge >= 0.3 is 6.18 Å². The molecule has 1 aromatic carbocycles. The Morgan fingerprint density at radius 1 is 1.07 bits per heavy atom. The van der Waals surface area contributed by atoms with Crippen molar-refractivity contribution in [1.82, 2.24) is 29.4 Å². The molecule has 0 aliphatic carbocycles. The molecule has 0 atom stereocenters. The van der Waals surface area contributed by atoms with Gasteiger partial charge in [0.15, 0.2) is 5.52 Å². The molecule has 0 unspecified atom stereocenters. The summed E-state index contributed by atoms with van der Waals surface area (Å²) >= 11 is 0. The number of hydrogen-bond donors (Lipinski definition) is 0. The third-order valence-electron chi connectivity index (χ3n) is 4.00. The summed E-state index contributed by atoms with van der Waals surface area (Å²) in [6, 6.07) is 6.23. The molecular formula is C16H11F3N6O3. The van der Waals surface area contributed by atoms with Gasteiger partial charge in [-0.15, -0.1) is 15.3 Å². The van der Waals surface area contributed by atoms with E-state index in [4.69, 9.17) is 9.47 Å². The third kappa shape index (κ3) is 2.69. The first-order valence-electron chi connectivity index (χ1n) is 7.78. The van der Waals surface area contributed by atoms with Gasteiger partial charge in [0.2, 0.25) is 0 Å². The molecule has 144 valence electrons. The minimum absolute atomic E-state index is 0.0433. The quantitative estimate of drug-likeness (QED) is 0.525. The number of nitrogens with zero attached hydrogens (tertiary/aromatic N) is 6. The van der Waals surface area contributed by atoms with E-state index in [1.165, 1.54) is 31.0 Å². The molecule has 0 aliphatic heterocycles. The van der Waals surface area contributed by atoms with Crippen LogP contribution in [0.25, 0.3) is 22.5 Å². The number of alkyl halides is 3. The highest BCUT2D eigenvalue weighted by molar-refractivity contribution is 5.75. The first kappa shape index (κ1) is 17.7. The zero-order valence-corrected chi connectivity index (χ0v) is 14.4. The summed E-state index contributed by atoms with van der Waals surface area (Å²) in [6.45, 7) is 0. The standard InChI is InChI=1S/C16H11F3N6O3/c1-27-8-3-4-9(11(7-8)28-2)24-6-5-10-12(13(24)26)21-22-15-20-14(16(17,18)19)23-25(10)15/h3-7H,1-2H3. The number of fused-ring (bicyclic) bond motifs is 3. The Morgan fingerprint density at radius 2 is 1.86 bits per heavy atom. The second-order valence-electron chi connectivity index (χ2n) is 5.61. The van der Waals surface area contributed by atoms with Gasteiger partial charge in [0.1, 0.15) is 17.0 Å². The molecule has 4 rings (SSSR count). The predicted octanol–water partition coefficient (Wildman–Crippen LogP) is 1.86. The molecule has 0 amide bonds. The van der Waals surface area contributed by atoms with Crippen LogP contribution in [0.2, 0.25) is 0 Å². The molecule has 12 heteroatoms. The van der Waals surface area contributed by atoms with Crippen molar-refractivity contribution in [3.8, 4) is 17.2 Å². The highest BCUT2D eigenvalue weighted by Gasteiger charge is 2.37. The first-order chi connectivity index (χ1) is 13.3. The van der Waals surface area contributed by atoms with Gasteiger partial charge in [-0.1, -0.05) is 0 Å². The van der Waals surface area contributed by atoms with Crippen molar-refractivity contribution < 1.29 is 22.6 Å². The number of benzene rings is 1. The minimum Gasteiger partial charge on any atom is -0.497 e. The molecule has 0 saturated carbocycles. The zero-order chi connectivity index (χ0) is 20.1. The Kier molecular flexibility index (Phi) is 3.91. The van der Waals surface area contributed by atoms with Crippen molar-refractivity contribution in [2.24, 2.45) is 0 Å². The van der Waals surface area contributed by atoms with E-state index in [0.717, 1.165) is 4.52 Å². The van der Waals surface area contributed by atoms with Gasteiger partial charge in [-0.2, -0.15) is 22.7 Å². The fraction of sp³-hybridized carbons (Fsp3) is 0.188. The summed E-state index contributed by atoms with van der Waals surface area (Å²) in [7, 11) is 2.92. The third-order valence-corrected chi connectivity index (χ3v) is 4.00. The lowest BCUT2D eigenvalue weighted by Crippen LogP contribution is -2.20. The van der Waals surface area contributed by atoms with Crippen LogP contribution in [0.15, 0.2) is 35.3 Å². The zero-order valence-electron chi connectivity index (χ0n) is 14.4. The van der Waals surface area contributed by atoms with E-state index >= 15 is 0 Å². The van der Waals surface area contributed by atoms with Gasteiger partial charge in [-0.3, -0.25) is 9.36 Å². The van der Waals surface area contributed by atoms with E-state index in [1.807, 2.05) is 0 Å². The van der Waals surface area contributed by atoms with Gasteiger partial charge in [-0.25, -0.2) is 0 Å². The lowest BCUT2D eigenvalue weighted by Gasteiger charge is -2.12. The molecule has 0 fully saturated rings. The highest BCUT2D eigenvalue weighted by Crippen LogP contribution is 2.28. The van der Waals surface area contributed by atoms with Crippen molar-refractivity contribution in [2.45, 2.75) is 6.18 Å². The van der Waals surface area contributed by atoms with Crippen LogP contribution in [0, 0.1) is 0 Å². The van der Waals surface area contributed by atoms with Crippen molar-refractivity contribution in [3.63, 3.8) is 0 Å². The van der Waals surface area contributed by atoms with Crippen molar-refractivity contribution in [3.05, 3.63) is 46.6 Å². The van der Waals surface area contributed by atoms with E-state index in [0.29, 0.717) is 17.2 Å². The minimum atomic E-state index is -4.74. The second kappa shape index (κ2) is 6.18. The molecule has 0 aliphatic rings. The van der Waals surface area contributed by atoms with Crippen LogP contribution in [-0.4, -0.2) is 43.6 Å². The number of pyridine rings is 1. The topological polar surface area (TPSA) is 96.4 Å². The Labute approximate surface area is 154 Å². The fourth-order valence-corrected chi connectivity index (χ4v) is 2.70. The van der Waals surface area contributed by atoms with Gasteiger partial charge in [0, 0.05) is 12.3 Å². The van der Waals surface area contributed by atoms with Gasteiger partial charge in [0.25, 0.3) is 17.2 Å². The summed E-state index contributed by atoms with van der Waals surface area (Å²) < 4.78 is 51.1. The number of ether oxygens (including phenoxy) is 2. The van der Waals surface area contributed by atoms with Gasteiger partial charge < -0.3 is 9.47 Å². The number of aromatic nitrogens is 6. The summed E-state index contributed by atoms with van der Waals surface area (Å²) in [5.74, 6) is -0.845. The largest absolute Gasteiger partial charge is 0.497 e. The molecule has 0 bridgehead atoms. The summed E-state index contributed by atoms with van der Waals surface area (Å²) in [5.41, 5.74) is -0.348. The molecule has 0 spiro atoms. The van der Waals surface area contributed by atoms with E-state index in [2.05, 4.69) is 20.3 Å². The maximum Gasteiger partial charge on any atom is 0.453 e. The molecule has 0 radical (unpaired) electrons. The average molecular weight is 392 g/mol. The summed E-state index contributed by atoms with van der Waals surface area (Å²) in [4.78, 5) is 16.2. The van der Waals surface area contributed by atoms with Crippen LogP contribution in [0.3, 0.4) is 0 Å².